The monoisotopic (exact) mass is 497 g/mol. The number of amides is 1. The van der Waals surface area contributed by atoms with Gasteiger partial charge in [-0.05, 0) is 36.4 Å². The van der Waals surface area contributed by atoms with Crippen LogP contribution in [0.1, 0.15) is 12.7 Å². The number of piperazine rings is 1. The Balaban J connectivity index is 1.29. The van der Waals surface area contributed by atoms with E-state index in [2.05, 4.69) is 10.2 Å². The zero-order valence-corrected chi connectivity index (χ0v) is 20.3. The van der Waals surface area contributed by atoms with Gasteiger partial charge in [-0.3, -0.25) is 9.20 Å². The molecule has 1 N–H and O–H groups in total. The molecule has 1 aromatic carbocycles. The Bertz CT molecular complexity index is 1300. The van der Waals surface area contributed by atoms with Crippen molar-refractivity contribution in [1.82, 2.24) is 14.3 Å². The third-order valence-corrected chi connectivity index (χ3v) is 6.68. The first-order valence-electron chi connectivity index (χ1n) is 11.3. The van der Waals surface area contributed by atoms with Crippen LogP contribution in [-0.2, 0) is 11.2 Å². The number of hydrogen-bond donors (Lipinski definition) is 1. The molecule has 0 unspecified atom stereocenters. The zero-order valence-electron chi connectivity index (χ0n) is 18.8. The van der Waals surface area contributed by atoms with E-state index < -0.39 is 0 Å². The van der Waals surface area contributed by atoms with E-state index in [0.717, 1.165) is 29.3 Å². The van der Waals surface area contributed by atoms with E-state index in [1.54, 1.807) is 0 Å². The van der Waals surface area contributed by atoms with Crippen molar-refractivity contribution in [2.45, 2.75) is 13.3 Å². The molecule has 1 aliphatic heterocycles. The number of para-hydroxylation sites is 1. The van der Waals surface area contributed by atoms with Crippen molar-refractivity contribution < 1.29 is 9.21 Å². The van der Waals surface area contributed by atoms with Crippen molar-refractivity contribution in [3.8, 4) is 11.5 Å². The standard InChI is InChI=1S/C25H25Cl2N5O2/c1-2-17-9-10-20(34-17)23-25(32-11-4-3-8-21(32)29-23)28-16-22(33)30-12-14-31(15-13-30)24-18(26)6-5-7-19(24)27/h3-11,28H,2,12-16H2,1H3. The molecule has 4 heterocycles. The smallest absolute Gasteiger partial charge is 0.242 e. The van der Waals surface area contributed by atoms with Crippen molar-refractivity contribution in [3.63, 3.8) is 0 Å². The van der Waals surface area contributed by atoms with Gasteiger partial charge < -0.3 is 19.5 Å². The second-order valence-electron chi connectivity index (χ2n) is 8.15. The van der Waals surface area contributed by atoms with Crippen LogP contribution in [0.5, 0.6) is 0 Å². The Labute approximate surface area is 207 Å². The van der Waals surface area contributed by atoms with E-state index in [0.29, 0.717) is 47.7 Å². The zero-order chi connectivity index (χ0) is 23.7. The third kappa shape index (κ3) is 4.33. The summed E-state index contributed by atoms with van der Waals surface area (Å²) < 4.78 is 7.89. The summed E-state index contributed by atoms with van der Waals surface area (Å²) in [6, 6.07) is 15.2. The van der Waals surface area contributed by atoms with Crippen LogP contribution in [0.2, 0.25) is 10.0 Å². The minimum Gasteiger partial charge on any atom is -0.459 e. The highest BCUT2D eigenvalue weighted by Gasteiger charge is 2.25. The largest absolute Gasteiger partial charge is 0.459 e. The van der Waals surface area contributed by atoms with Crippen LogP contribution >= 0.6 is 23.2 Å². The number of pyridine rings is 1. The molecule has 0 radical (unpaired) electrons. The normalized spacial score (nSPS) is 14.1. The van der Waals surface area contributed by atoms with E-state index in [-0.39, 0.29) is 12.5 Å². The van der Waals surface area contributed by atoms with Gasteiger partial charge in [0.1, 0.15) is 22.9 Å². The number of carbonyl (C=O) groups excluding carboxylic acids is 1. The van der Waals surface area contributed by atoms with Crippen LogP contribution in [-0.4, -0.2) is 52.9 Å². The number of carbonyl (C=O) groups is 1. The average Bonchev–Trinajstić information content (AvgIpc) is 3.47. The predicted molar refractivity (Wildman–Crippen MR) is 136 cm³/mol. The summed E-state index contributed by atoms with van der Waals surface area (Å²) in [5.41, 5.74) is 2.31. The molecule has 0 saturated carbocycles. The summed E-state index contributed by atoms with van der Waals surface area (Å²) in [4.78, 5) is 21.8. The molecular formula is C25H25Cl2N5O2. The van der Waals surface area contributed by atoms with Gasteiger partial charge in [-0.1, -0.05) is 42.3 Å². The minimum atomic E-state index is 0.0235. The molecule has 0 atom stereocenters. The maximum atomic E-state index is 13.0. The van der Waals surface area contributed by atoms with Crippen molar-refractivity contribution in [2.24, 2.45) is 0 Å². The molecule has 1 amide bonds. The summed E-state index contributed by atoms with van der Waals surface area (Å²) in [7, 11) is 0. The maximum absolute atomic E-state index is 13.0. The number of furan rings is 1. The highest BCUT2D eigenvalue weighted by atomic mass is 35.5. The molecule has 1 aliphatic rings. The first-order chi connectivity index (χ1) is 16.5. The summed E-state index contributed by atoms with van der Waals surface area (Å²) >= 11 is 12.7. The van der Waals surface area contributed by atoms with Gasteiger partial charge in [0.05, 0.1) is 22.3 Å². The summed E-state index contributed by atoms with van der Waals surface area (Å²) in [5.74, 6) is 2.34. The van der Waals surface area contributed by atoms with Crippen LogP contribution in [0.3, 0.4) is 0 Å². The fourth-order valence-corrected chi connectivity index (χ4v) is 4.91. The molecule has 7 nitrogen and oxygen atoms in total. The minimum absolute atomic E-state index is 0.0235. The van der Waals surface area contributed by atoms with Gasteiger partial charge in [0.25, 0.3) is 0 Å². The fourth-order valence-electron chi connectivity index (χ4n) is 4.27. The molecule has 1 saturated heterocycles. The quantitative estimate of drug-likeness (QED) is 0.395. The van der Waals surface area contributed by atoms with Gasteiger partial charge in [-0.15, -0.1) is 0 Å². The molecule has 3 aromatic heterocycles. The number of hydrogen-bond acceptors (Lipinski definition) is 5. The fraction of sp³-hybridized carbons (Fsp3) is 0.280. The van der Waals surface area contributed by atoms with E-state index in [9.17, 15) is 4.79 Å². The number of aromatic nitrogens is 2. The van der Waals surface area contributed by atoms with Crippen LogP contribution in [0.15, 0.2) is 59.1 Å². The molecule has 34 heavy (non-hydrogen) atoms. The van der Waals surface area contributed by atoms with Gasteiger partial charge in [0.2, 0.25) is 5.91 Å². The Morgan fingerprint density at radius 3 is 2.50 bits per heavy atom. The molecule has 5 rings (SSSR count). The lowest BCUT2D eigenvalue weighted by Crippen LogP contribution is -2.50. The van der Waals surface area contributed by atoms with Crippen LogP contribution in [0.4, 0.5) is 11.5 Å². The Kier molecular flexibility index (Phi) is 6.39. The van der Waals surface area contributed by atoms with Crippen molar-refractivity contribution in [3.05, 3.63) is 70.5 Å². The van der Waals surface area contributed by atoms with Crippen LogP contribution < -0.4 is 10.2 Å². The van der Waals surface area contributed by atoms with Crippen LogP contribution in [0, 0.1) is 0 Å². The first-order valence-corrected chi connectivity index (χ1v) is 12.1. The summed E-state index contributed by atoms with van der Waals surface area (Å²) in [5, 5.41) is 4.56. The number of imidazole rings is 1. The van der Waals surface area contributed by atoms with Crippen LogP contribution in [0.25, 0.3) is 17.1 Å². The number of halogens is 2. The molecule has 9 heteroatoms. The SMILES string of the molecule is CCc1ccc(-c2nc3ccccn3c2NCC(=O)N2CCN(c3c(Cl)cccc3Cl)CC2)o1. The molecule has 0 spiro atoms. The lowest BCUT2D eigenvalue weighted by molar-refractivity contribution is -0.129. The molecule has 1 fully saturated rings. The predicted octanol–water partition coefficient (Wildman–Crippen LogP) is 5.22. The van der Waals surface area contributed by atoms with Crippen molar-refractivity contribution >= 4 is 46.3 Å². The van der Waals surface area contributed by atoms with Gasteiger partial charge in [0, 0.05) is 38.8 Å². The van der Waals surface area contributed by atoms with Gasteiger partial charge in [-0.25, -0.2) is 4.98 Å². The Morgan fingerprint density at radius 1 is 1.03 bits per heavy atom. The number of fused-ring (bicyclic) bond motifs is 1. The van der Waals surface area contributed by atoms with Gasteiger partial charge in [0.15, 0.2) is 5.76 Å². The van der Waals surface area contributed by atoms with E-state index in [1.807, 2.05) is 71.0 Å². The molecule has 0 bridgehead atoms. The lowest BCUT2D eigenvalue weighted by atomic mass is 10.2. The van der Waals surface area contributed by atoms with Crippen molar-refractivity contribution in [1.29, 1.82) is 0 Å². The second-order valence-corrected chi connectivity index (χ2v) is 8.96. The molecule has 4 aromatic rings. The average molecular weight is 498 g/mol. The Hall–Kier alpha value is -3.16. The van der Waals surface area contributed by atoms with Gasteiger partial charge >= 0.3 is 0 Å². The van der Waals surface area contributed by atoms with E-state index >= 15 is 0 Å². The number of nitrogens with zero attached hydrogens (tertiary/aromatic N) is 4. The first kappa shape index (κ1) is 22.6. The van der Waals surface area contributed by atoms with Gasteiger partial charge in [-0.2, -0.15) is 0 Å². The maximum Gasteiger partial charge on any atom is 0.242 e. The Morgan fingerprint density at radius 2 is 1.79 bits per heavy atom. The lowest BCUT2D eigenvalue weighted by Gasteiger charge is -2.37. The number of nitrogens with one attached hydrogen (secondary N) is 1. The number of aryl methyl sites for hydroxylation is 1. The number of rotatable bonds is 6. The second kappa shape index (κ2) is 9.60. The highest BCUT2D eigenvalue weighted by Crippen LogP contribution is 2.34. The summed E-state index contributed by atoms with van der Waals surface area (Å²) in [6.07, 6.45) is 2.73. The van der Waals surface area contributed by atoms with E-state index in [4.69, 9.17) is 32.6 Å². The number of benzene rings is 1. The molecular weight excluding hydrogens is 473 g/mol. The highest BCUT2D eigenvalue weighted by molar-refractivity contribution is 6.39. The molecule has 0 aliphatic carbocycles. The third-order valence-electron chi connectivity index (χ3n) is 6.07. The number of anilines is 2. The summed E-state index contributed by atoms with van der Waals surface area (Å²) in [6.45, 7) is 4.73. The molecule has 176 valence electrons. The van der Waals surface area contributed by atoms with E-state index in [1.165, 1.54) is 0 Å². The van der Waals surface area contributed by atoms with Crippen molar-refractivity contribution in [2.75, 3.05) is 42.9 Å². The topological polar surface area (TPSA) is 66.0 Å².